The maximum Gasteiger partial charge on any atom is 0.231 e. The summed E-state index contributed by atoms with van der Waals surface area (Å²) in [5.41, 5.74) is 0. The van der Waals surface area contributed by atoms with Gasteiger partial charge >= 0.3 is 0 Å². The van der Waals surface area contributed by atoms with Gasteiger partial charge in [0.2, 0.25) is 17.2 Å². The van der Waals surface area contributed by atoms with Gasteiger partial charge in [-0.1, -0.05) is 19.8 Å². The van der Waals surface area contributed by atoms with Crippen LogP contribution in [-0.2, 0) is 0 Å². The number of hydrogen-bond acceptors (Lipinski definition) is 5. The van der Waals surface area contributed by atoms with Gasteiger partial charge in [0.15, 0.2) is 0 Å². The van der Waals surface area contributed by atoms with Gasteiger partial charge < -0.3 is 10.2 Å². The zero-order chi connectivity index (χ0) is 14.4. The van der Waals surface area contributed by atoms with Crippen LogP contribution in [0.3, 0.4) is 0 Å². The first-order valence-electron chi connectivity index (χ1n) is 7.63. The van der Waals surface area contributed by atoms with E-state index in [-0.39, 0.29) is 5.28 Å². The van der Waals surface area contributed by atoms with Crippen molar-refractivity contribution in [2.24, 2.45) is 5.92 Å². The highest BCUT2D eigenvalue weighted by molar-refractivity contribution is 6.28. The van der Waals surface area contributed by atoms with E-state index < -0.39 is 0 Å². The molecule has 1 aromatic rings. The number of nitrogens with zero attached hydrogens (tertiary/aromatic N) is 4. The van der Waals surface area contributed by atoms with Crippen molar-refractivity contribution >= 4 is 23.5 Å². The molecule has 5 nitrogen and oxygen atoms in total. The van der Waals surface area contributed by atoms with E-state index in [2.05, 4.69) is 32.1 Å². The number of aromatic nitrogens is 3. The van der Waals surface area contributed by atoms with E-state index in [4.69, 9.17) is 11.6 Å². The summed E-state index contributed by atoms with van der Waals surface area (Å²) in [6.45, 7) is 7.07. The van der Waals surface area contributed by atoms with Gasteiger partial charge in [-0.25, -0.2) is 0 Å². The summed E-state index contributed by atoms with van der Waals surface area (Å²) in [6, 6.07) is 0. The highest BCUT2D eigenvalue weighted by atomic mass is 35.5. The molecule has 1 atom stereocenters. The van der Waals surface area contributed by atoms with Crippen LogP contribution in [0.1, 0.15) is 46.0 Å². The fraction of sp³-hybridized carbons (Fsp3) is 0.786. The zero-order valence-corrected chi connectivity index (χ0v) is 13.2. The number of halogens is 1. The van der Waals surface area contributed by atoms with Crippen molar-refractivity contribution in [3.8, 4) is 0 Å². The van der Waals surface area contributed by atoms with E-state index in [1.807, 2.05) is 6.92 Å². The molecule has 2 rings (SSSR count). The van der Waals surface area contributed by atoms with Crippen LogP contribution in [0.15, 0.2) is 0 Å². The Hall–Kier alpha value is -1.10. The lowest BCUT2D eigenvalue weighted by atomic mass is 9.96. The molecule has 1 aliphatic heterocycles. The van der Waals surface area contributed by atoms with Crippen molar-refractivity contribution in [1.82, 2.24) is 15.0 Å². The second-order valence-electron chi connectivity index (χ2n) is 5.33. The summed E-state index contributed by atoms with van der Waals surface area (Å²) in [5, 5.41) is 3.36. The first-order valence-corrected chi connectivity index (χ1v) is 8.01. The summed E-state index contributed by atoms with van der Waals surface area (Å²) in [6.07, 6.45) is 6.32. The zero-order valence-electron chi connectivity index (χ0n) is 12.4. The second-order valence-corrected chi connectivity index (χ2v) is 5.67. The molecule has 20 heavy (non-hydrogen) atoms. The summed E-state index contributed by atoms with van der Waals surface area (Å²) in [4.78, 5) is 15.1. The molecule has 1 unspecified atom stereocenters. The van der Waals surface area contributed by atoms with Crippen molar-refractivity contribution in [3.63, 3.8) is 0 Å². The van der Waals surface area contributed by atoms with Crippen LogP contribution in [0, 0.1) is 5.92 Å². The SMILES string of the molecule is CCCC1CCCN(c2nc(Cl)nc(NCC)n2)CC1. The minimum atomic E-state index is 0.264. The van der Waals surface area contributed by atoms with Crippen molar-refractivity contribution < 1.29 is 0 Å². The summed E-state index contributed by atoms with van der Waals surface area (Å²) in [5.74, 6) is 2.12. The van der Waals surface area contributed by atoms with Gasteiger partial charge in [-0.05, 0) is 43.7 Å². The minimum Gasteiger partial charge on any atom is -0.354 e. The van der Waals surface area contributed by atoms with Crippen molar-refractivity contribution in [2.45, 2.75) is 46.0 Å². The van der Waals surface area contributed by atoms with E-state index >= 15 is 0 Å². The lowest BCUT2D eigenvalue weighted by Crippen LogP contribution is -2.27. The van der Waals surface area contributed by atoms with Gasteiger partial charge in [0, 0.05) is 19.6 Å². The van der Waals surface area contributed by atoms with Gasteiger partial charge in [0.05, 0.1) is 0 Å². The number of hydrogen-bond donors (Lipinski definition) is 1. The Morgan fingerprint density at radius 3 is 2.80 bits per heavy atom. The normalized spacial score (nSPS) is 19.8. The van der Waals surface area contributed by atoms with Gasteiger partial charge in [-0.2, -0.15) is 15.0 Å². The molecular weight excluding hydrogens is 274 g/mol. The lowest BCUT2D eigenvalue weighted by molar-refractivity contribution is 0.435. The molecule has 1 aromatic heterocycles. The fourth-order valence-electron chi connectivity index (χ4n) is 2.78. The van der Waals surface area contributed by atoms with Crippen LogP contribution in [0.25, 0.3) is 0 Å². The van der Waals surface area contributed by atoms with Gasteiger partial charge in [0.25, 0.3) is 0 Å². The van der Waals surface area contributed by atoms with E-state index in [1.54, 1.807) is 0 Å². The molecular formula is C14H24ClN5. The first-order chi connectivity index (χ1) is 9.72. The van der Waals surface area contributed by atoms with Crippen LogP contribution in [0.4, 0.5) is 11.9 Å². The molecule has 112 valence electrons. The average molecular weight is 298 g/mol. The van der Waals surface area contributed by atoms with Crippen molar-refractivity contribution in [3.05, 3.63) is 5.28 Å². The van der Waals surface area contributed by atoms with Crippen LogP contribution in [0.5, 0.6) is 0 Å². The Kier molecular flexibility index (Phi) is 5.83. The third-order valence-corrected chi connectivity index (χ3v) is 3.93. The maximum atomic E-state index is 6.00. The van der Waals surface area contributed by atoms with Gasteiger partial charge in [-0.3, -0.25) is 0 Å². The smallest absolute Gasteiger partial charge is 0.231 e. The molecule has 1 N–H and O–H groups in total. The van der Waals surface area contributed by atoms with Crippen molar-refractivity contribution in [2.75, 3.05) is 29.9 Å². The average Bonchev–Trinajstić information content (AvgIpc) is 2.65. The molecule has 0 radical (unpaired) electrons. The van der Waals surface area contributed by atoms with Gasteiger partial charge in [0.1, 0.15) is 0 Å². The molecule has 0 bridgehead atoms. The van der Waals surface area contributed by atoms with Gasteiger partial charge in [-0.15, -0.1) is 0 Å². The molecule has 1 fully saturated rings. The lowest BCUT2D eigenvalue weighted by Gasteiger charge is -2.20. The summed E-state index contributed by atoms with van der Waals surface area (Å²) < 4.78 is 0. The quantitative estimate of drug-likeness (QED) is 0.903. The minimum absolute atomic E-state index is 0.264. The van der Waals surface area contributed by atoms with Crippen LogP contribution < -0.4 is 10.2 Å². The Morgan fingerprint density at radius 1 is 1.20 bits per heavy atom. The number of nitrogens with one attached hydrogen (secondary N) is 1. The number of anilines is 2. The standard InChI is InChI=1S/C14H24ClN5/c1-3-6-11-7-5-9-20(10-8-11)14-18-12(15)17-13(19-14)16-4-2/h11H,3-10H2,1-2H3,(H,16,17,18,19). The van der Waals surface area contributed by atoms with E-state index in [1.165, 1.54) is 32.1 Å². The highest BCUT2D eigenvalue weighted by Crippen LogP contribution is 2.24. The largest absolute Gasteiger partial charge is 0.354 e. The fourth-order valence-corrected chi connectivity index (χ4v) is 2.94. The van der Waals surface area contributed by atoms with Crippen LogP contribution >= 0.6 is 11.6 Å². The summed E-state index contributed by atoms with van der Waals surface area (Å²) >= 11 is 6.00. The Bertz CT molecular complexity index is 426. The van der Waals surface area contributed by atoms with E-state index in [9.17, 15) is 0 Å². The molecule has 2 heterocycles. The molecule has 0 amide bonds. The van der Waals surface area contributed by atoms with Crippen LogP contribution in [0.2, 0.25) is 5.28 Å². The molecule has 6 heteroatoms. The first kappa shape index (κ1) is 15.3. The summed E-state index contributed by atoms with van der Waals surface area (Å²) in [7, 11) is 0. The molecule has 1 saturated heterocycles. The van der Waals surface area contributed by atoms with E-state index in [0.717, 1.165) is 25.6 Å². The Morgan fingerprint density at radius 2 is 2.05 bits per heavy atom. The van der Waals surface area contributed by atoms with Crippen molar-refractivity contribution in [1.29, 1.82) is 0 Å². The predicted octanol–water partition coefficient (Wildman–Crippen LogP) is 3.36. The third-order valence-electron chi connectivity index (χ3n) is 3.76. The molecule has 0 aromatic carbocycles. The monoisotopic (exact) mass is 297 g/mol. The molecule has 1 aliphatic rings. The Labute approximate surface area is 126 Å². The molecule has 0 aliphatic carbocycles. The second kappa shape index (κ2) is 7.62. The van der Waals surface area contributed by atoms with E-state index in [0.29, 0.717) is 11.9 Å². The van der Waals surface area contributed by atoms with Crippen LogP contribution in [-0.4, -0.2) is 34.6 Å². The third kappa shape index (κ3) is 4.20. The number of rotatable bonds is 5. The highest BCUT2D eigenvalue weighted by Gasteiger charge is 2.19. The topological polar surface area (TPSA) is 53.9 Å². The predicted molar refractivity (Wildman–Crippen MR) is 83.5 cm³/mol. The Balaban J connectivity index is 2.07. The molecule has 0 spiro atoms. The maximum absolute atomic E-state index is 6.00. The molecule has 0 saturated carbocycles.